The van der Waals surface area contributed by atoms with Crippen LogP contribution in [0.15, 0.2) is 24.3 Å². The van der Waals surface area contributed by atoms with Gasteiger partial charge in [0.1, 0.15) is 10.0 Å². The van der Waals surface area contributed by atoms with Gasteiger partial charge in [-0.1, -0.05) is 30.4 Å². The van der Waals surface area contributed by atoms with Crippen molar-refractivity contribution in [3.8, 4) is 0 Å². The number of aromatic nitrogens is 3. The SMILES string of the molecule is CCc1nnc(C2CCN(c3nc4ccccc4s3)CC2)s1. The molecule has 0 aliphatic carbocycles. The first kappa shape index (κ1) is 14.1. The third-order valence-electron chi connectivity index (χ3n) is 4.18. The van der Waals surface area contributed by atoms with E-state index in [2.05, 4.69) is 46.3 Å². The Morgan fingerprint density at radius 3 is 2.68 bits per heavy atom. The third kappa shape index (κ3) is 2.61. The summed E-state index contributed by atoms with van der Waals surface area (Å²) in [6.45, 7) is 4.26. The second-order valence-corrected chi connectivity index (χ2v) is 7.72. The van der Waals surface area contributed by atoms with Gasteiger partial charge >= 0.3 is 0 Å². The molecule has 0 N–H and O–H groups in total. The minimum Gasteiger partial charge on any atom is -0.348 e. The van der Waals surface area contributed by atoms with Crippen molar-refractivity contribution < 1.29 is 0 Å². The zero-order chi connectivity index (χ0) is 14.9. The van der Waals surface area contributed by atoms with E-state index in [1.54, 1.807) is 22.7 Å². The number of aryl methyl sites for hydroxylation is 1. The van der Waals surface area contributed by atoms with Crippen LogP contribution in [0.25, 0.3) is 10.2 Å². The molecule has 4 nitrogen and oxygen atoms in total. The van der Waals surface area contributed by atoms with Crippen LogP contribution in [0.2, 0.25) is 0 Å². The maximum atomic E-state index is 4.77. The quantitative estimate of drug-likeness (QED) is 0.725. The van der Waals surface area contributed by atoms with Crippen LogP contribution in [0.4, 0.5) is 5.13 Å². The molecule has 3 aromatic rings. The van der Waals surface area contributed by atoms with Crippen molar-refractivity contribution in [2.45, 2.75) is 32.1 Å². The van der Waals surface area contributed by atoms with E-state index in [-0.39, 0.29) is 0 Å². The molecule has 1 aliphatic rings. The normalized spacial score (nSPS) is 16.5. The summed E-state index contributed by atoms with van der Waals surface area (Å²) in [5, 5.41) is 12.2. The summed E-state index contributed by atoms with van der Waals surface area (Å²) < 4.78 is 1.27. The zero-order valence-electron chi connectivity index (χ0n) is 12.5. The van der Waals surface area contributed by atoms with Crippen molar-refractivity contribution in [1.82, 2.24) is 15.2 Å². The highest BCUT2D eigenvalue weighted by Gasteiger charge is 2.25. The van der Waals surface area contributed by atoms with Gasteiger partial charge in [0.2, 0.25) is 0 Å². The van der Waals surface area contributed by atoms with Crippen LogP contribution in [-0.2, 0) is 6.42 Å². The van der Waals surface area contributed by atoms with Crippen molar-refractivity contribution >= 4 is 38.0 Å². The first-order valence-electron chi connectivity index (χ1n) is 7.76. The molecule has 0 spiro atoms. The maximum absolute atomic E-state index is 4.77. The van der Waals surface area contributed by atoms with E-state index in [0.29, 0.717) is 5.92 Å². The molecule has 1 aliphatic heterocycles. The van der Waals surface area contributed by atoms with Crippen molar-refractivity contribution in [3.05, 3.63) is 34.3 Å². The molecule has 114 valence electrons. The molecular weight excluding hydrogens is 312 g/mol. The highest BCUT2D eigenvalue weighted by Crippen LogP contribution is 2.35. The number of thiazole rings is 1. The van der Waals surface area contributed by atoms with Crippen molar-refractivity contribution in [1.29, 1.82) is 0 Å². The Morgan fingerprint density at radius 2 is 1.95 bits per heavy atom. The van der Waals surface area contributed by atoms with Crippen molar-refractivity contribution in [3.63, 3.8) is 0 Å². The predicted molar refractivity (Wildman–Crippen MR) is 93.1 cm³/mol. The fraction of sp³-hybridized carbons (Fsp3) is 0.438. The largest absolute Gasteiger partial charge is 0.348 e. The molecule has 2 aromatic heterocycles. The minimum atomic E-state index is 0.573. The monoisotopic (exact) mass is 330 g/mol. The summed E-state index contributed by atoms with van der Waals surface area (Å²) in [7, 11) is 0. The molecule has 0 saturated carbocycles. The van der Waals surface area contributed by atoms with Crippen LogP contribution in [0, 0.1) is 0 Å². The van der Waals surface area contributed by atoms with Crippen molar-refractivity contribution in [2.24, 2.45) is 0 Å². The summed E-state index contributed by atoms with van der Waals surface area (Å²) in [6, 6.07) is 8.38. The van der Waals surface area contributed by atoms with E-state index in [1.165, 1.54) is 9.71 Å². The molecule has 3 heterocycles. The average molecular weight is 330 g/mol. The number of nitrogens with zero attached hydrogens (tertiary/aromatic N) is 4. The molecule has 0 radical (unpaired) electrons. The second-order valence-electron chi connectivity index (χ2n) is 5.61. The van der Waals surface area contributed by atoms with E-state index in [9.17, 15) is 0 Å². The highest BCUT2D eigenvalue weighted by molar-refractivity contribution is 7.22. The molecule has 0 atom stereocenters. The van der Waals surface area contributed by atoms with Crippen LogP contribution in [0.1, 0.15) is 35.7 Å². The number of para-hydroxylation sites is 1. The Balaban J connectivity index is 1.47. The average Bonchev–Trinajstić information content (AvgIpc) is 3.21. The van der Waals surface area contributed by atoms with Gasteiger partial charge in [-0.25, -0.2) is 4.98 Å². The van der Waals surface area contributed by atoms with E-state index in [1.807, 2.05) is 0 Å². The summed E-state index contributed by atoms with van der Waals surface area (Å²) in [4.78, 5) is 7.19. The Bertz CT molecular complexity index is 738. The van der Waals surface area contributed by atoms with Crippen LogP contribution in [0.3, 0.4) is 0 Å². The van der Waals surface area contributed by atoms with Crippen LogP contribution in [-0.4, -0.2) is 28.3 Å². The second kappa shape index (κ2) is 5.93. The van der Waals surface area contributed by atoms with E-state index >= 15 is 0 Å². The molecule has 0 unspecified atom stereocenters. The first-order valence-corrected chi connectivity index (χ1v) is 9.39. The molecule has 1 fully saturated rings. The number of hydrogen-bond acceptors (Lipinski definition) is 6. The van der Waals surface area contributed by atoms with Gasteiger partial charge in [0.15, 0.2) is 5.13 Å². The number of benzene rings is 1. The van der Waals surface area contributed by atoms with Crippen LogP contribution in [0.5, 0.6) is 0 Å². The fourth-order valence-electron chi connectivity index (χ4n) is 2.89. The summed E-state index contributed by atoms with van der Waals surface area (Å²) in [5.74, 6) is 0.573. The lowest BCUT2D eigenvalue weighted by molar-refractivity contribution is 0.500. The number of hydrogen-bond donors (Lipinski definition) is 0. The number of rotatable bonds is 3. The van der Waals surface area contributed by atoms with Gasteiger partial charge in [-0.15, -0.1) is 21.5 Å². The molecule has 1 saturated heterocycles. The Morgan fingerprint density at radius 1 is 1.14 bits per heavy atom. The van der Waals surface area contributed by atoms with Crippen LogP contribution >= 0.6 is 22.7 Å². The van der Waals surface area contributed by atoms with Gasteiger partial charge < -0.3 is 4.90 Å². The molecular formula is C16H18N4S2. The number of anilines is 1. The van der Waals surface area contributed by atoms with E-state index < -0.39 is 0 Å². The Hall–Kier alpha value is -1.53. The van der Waals surface area contributed by atoms with E-state index in [4.69, 9.17) is 4.98 Å². The minimum absolute atomic E-state index is 0.573. The van der Waals surface area contributed by atoms with Gasteiger partial charge in [-0.05, 0) is 31.4 Å². The molecule has 0 bridgehead atoms. The highest BCUT2D eigenvalue weighted by atomic mass is 32.1. The topological polar surface area (TPSA) is 41.9 Å². The Kier molecular flexibility index (Phi) is 3.80. The first-order chi connectivity index (χ1) is 10.8. The summed E-state index contributed by atoms with van der Waals surface area (Å²) in [5.41, 5.74) is 1.11. The molecule has 6 heteroatoms. The molecule has 4 rings (SSSR count). The summed E-state index contributed by atoms with van der Waals surface area (Å²) in [6.07, 6.45) is 3.28. The van der Waals surface area contributed by atoms with Crippen LogP contribution < -0.4 is 4.90 Å². The molecule has 1 aromatic carbocycles. The van der Waals surface area contributed by atoms with E-state index in [0.717, 1.165) is 48.0 Å². The van der Waals surface area contributed by atoms with Gasteiger partial charge in [-0.3, -0.25) is 0 Å². The standard InChI is InChI=1S/C16H18N4S2/c1-2-14-18-19-15(22-14)11-7-9-20(10-8-11)16-17-12-5-3-4-6-13(12)21-16/h3-6,11H,2,7-10H2,1H3. The lowest BCUT2D eigenvalue weighted by Gasteiger charge is -2.30. The lowest BCUT2D eigenvalue weighted by atomic mass is 9.98. The summed E-state index contributed by atoms with van der Waals surface area (Å²) >= 11 is 3.58. The lowest BCUT2D eigenvalue weighted by Crippen LogP contribution is -2.32. The smallest absolute Gasteiger partial charge is 0.186 e. The van der Waals surface area contributed by atoms with Gasteiger partial charge in [0, 0.05) is 19.0 Å². The van der Waals surface area contributed by atoms with Gasteiger partial charge in [-0.2, -0.15) is 0 Å². The Labute approximate surface area is 137 Å². The third-order valence-corrected chi connectivity index (χ3v) is 6.51. The predicted octanol–water partition coefficient (Wildman–Crippen LogP) is 4.09. The van der Waals surface area contributed by atoms with Gasteiger partial charge in [0.25, 0.3) is 0 Å². The molecule has 22 heavy (non-hydrogen) atoms. The van der Waals surface area contributed by atoms with Crippen molar-refractivity contribution in [2.75, 3.05) is 18.0 Å². The molecule has 0 amide bonds. The zero-order valence-corrected chi connectivity index (χ0v) is 14.2. The fourth-order valence-corrected chi connectivity index (χ4v) is 4.86. The maximum Gasteiger partial charge on any atom is 0.186 e. The number of piperidine rings is 1. The van der Waals surface area contributed by atoms with Gasteiger partial charge in [0.05, 0.1) is 10.2 Å². The number of fused-ring (bicyclic) bond motifs is 1.